The van der Waals surface area contributed by atoms with Crippen molar-refractivity contribution in [1.29, 1.82) is 0 Å². The first-order valence-electron chi connectivity index (χ1n) is 9.51. The highest BCUT2D eigenvalue weighted by Crippen LogP contribution is 2.37. The van der Waals surface area contributed by atoms with E-state index in [2.05, 4.69) is 15.1 Å². The maximum atomic E-state index is 12.2. The van der Waals surface area contributed by atoms with Crippen molar-refractivity contribution in [2.45, 2.75) is 29.7 Å². The summed E-state index contributed by atoms with van der Waals surface area (Å²) in [6.45, 7) is 1.93. The van der Waals surface area contributed by atoms with Gasteiger partial charge in [0, 0.05) is 13.1 Å². The van der Waals surface area contributed by atoms with Crippen LogP contribution in [0.15, 0.2) is 65.8 Å². The molecule has 2 N–H and O–H groups in total. The van der Waals surface area contributed by atoms with Crippen LogP contribution in [0.4, 0.5) is 5.95 Å². The standard InChI is InChI=1S/C21H23N5OS/c22-19(27)18(16-10-4-1-5-11-16)28-21-24-23-20(25-14-8-3-9-15-25)26(21)17-12-6-2-7-13-17/h1-2,4-7,10-13,18H,3,8-9,14-15H2,(H2,22,27)/t18-/m0/s1. The lowest BCUT2D eigenvalue weighted by Gasteiger charge is -2.28. The summed E-state index contributed by atoms with van der Waals surface area (Å²) >= 11 is 1.34. The summed E-state index contributed by atoms with van der Waals surface area (Å²) in [6, 6.07) is 19.6. The monoisotopic (exact) mass is 393 g/mol. The molecule has 1 aliphatic rings. The third-order valence-electron chi connectivity index (χ3n) is 4.85. The van der Waals surface area contributed by atoms with Gasteiger partial charge in [-0.25, -0.2) is 0 Å². The van der Waals surface area contributed by atoms with Crippen molar-refractivity contribution in [1.82, 2.24) is 14.8 Å². The van der Waals surface area contributed by atoms with E-state index in [1.807, 2.05) is 65.2 Å². The molecule has 2 aromatic carbocycles. The van der Waals surface area contributed by atoms with Crippen molar-refractivity contribution < 1.29 is 4.79 Å². The van der Waals surface area contributed by atoms with Crippen LogP contribution in [0, 0.1) is 0 Å². The number of anilines is 1. The van der Waals surface area contributed by atoms with Gasteiger partial charge in [-0.2, -0.15) is 0 Å². The van der Waals surface area contributed by atoms with Crippen LogP contribution in [-0.4, -0.2) is 33.8 Å². The number of hydrogen-bond acceptors (Lipinski definition) is 5. The van der Waals surface area contributed by atoms with Gasteiger partial charge in [-0.15, -0.1) is 10.2 Å². The minimum Gasteiger partial charge on any atom is -0.368 e. The molecule has 0 saturated carbocycles. The minimum atomic E-state index is -0.526. The molecule has 0 bridgehead atoms. The largest absolute Gasteiger partial charge is 0.368 e. The van der Waals surface area contributed by atoms with E-state index in [-0.39, 0.29) is 0 Å². The summed E-state index contributed by atoms with van der Waals surface area (Å²) in [5, 5.41) is 9.07. The molecule has 7 heteroatoms. The second kappa shape index (κ2) is 8.48. The average Bonchev–Trinajstić information content (AvgIpc) is 3.17. The fourth-order valence-corrected chi connectivity index (χ4v) is 4.46. The molecule has 0 unspecified atom stereocenters. The molecule has 4 rings (SSSR count). The van der Waals surface area contributed by atoms with Crippen LogP contribution in [0.5, 0.6) is 0 Å². The number of primary amides is 1. The second-order valence-corrected chi connectivity index (χ2v) is 7.88. The summed E-state index contributed by atoms with van der Waals surface area (Å²) in [7, 11) is 0. The van der Waals surface area contributed by atoms with E-state index < -0.39 is 11.2 Å². The first kappa shape index (κ1) is 18.6. The molecule has 144 valence electrons. The van der Waals surface area contributed by atoms with Gasteiger partial charge in [-0.05, 0) is 37.0 Å². The molecule has 6 nitrogen and oxygen atoms in total. The number of benzene rings is 2. The lowest BCUT2D eigenvalue weighted by molar-refractivity contribution is -0.117. The van der Waals surface area contributed by atoms with Crippen molar-refractivity contribution in [3.05, 3.63) is 66.2 Å². The molecule has 1 amide bonds. The second-order valence-electron chi connectivity index (χ2n) is 6.81. The molecule has 0 radical (unpaired) electrons. The molecule has 1 atom stereocenters. The number of nitrogens with zero attached hydrogens (tertiary/aromatic N) is 4. The van der Waals surface area contributed by atoms with Crippen molar-refractivity contribution in [3.63, 3.8) is 0 Å². The summed E-state index contributed by atoms with van der Waals surface area (Å²) in [4.78, 5) is 14.5. The van der Waals surface area contributed by atoms with Crippen LogP contribution in [0.3, 0.4) is 0 Å². The van der Waals surface area contributed by atoms with Crippen molar-refractivity contribution in [2.24, 2.45) is 5.73 Å². The summed E-state index contributed by atoms with van der Waals surface area (Å²) in [5.41, 5.74) is 7.57. The smallest absolute Gasteiger partial charge is 0.235 e. The van der Waals surface area contributed by atoms with Crippen molar-refractivity contribution >= 4 is 23.6 Å². The SMILES string of the molecule is NC(=O)[C@@H](Sc1nnc(N2CCCCC2)n1-c1ccccc1)c1ccccc1. The molecule has 28 heavy (non-hydrogen) atoms. The van der Waals surface area contributed by atoms with Crippen LogP contribution < -0.4 is 10.6 Å². The number of carbonyl (C=O) groups excluding carboxylic acids is 1. The first-order valence-corrected chi connectivity index (χ1v) is 10.4. The van der Waals surface area contributed by atoms with E-state index >= 15 is 0 Å². The van der Waals surface area contributed by atoms with E-state index in [1.165, 1.54) is 18.2 Å². The molecule has 1 aromatic heterocycles. The summed E-state index contributed by atoms with van der Waals surface area (Å²) in [5.74, 6) is 0.433. The Hall–Kier alpha value is -2.80. The number of rotatable bonds is 6. The fourth-order valence-electron chi connectivity index (χ4n) is 3.46. The maximum Gasteiger partial charge on any atom is 0.235 e. The highest BCUT2D eigenvalue weighted by Gasteiger charge is 2.26. The highest BCUT2D eigenvalue weighted by molar-refractivity contribution is 8.00. The van der Waals surface area contributed by atoms with E-state index in [0.29, 0.717) is 5.16 Å². The van der Waals surface area contributed by atoms with Gasteiger partial charge in [-0.1, -0.05) is 60.3 Å². The van der Waals surface area contributed by atoms with Crippen molar-refractivity contribution in [3.8, 4) is 5.69 Å². The highest BCUT2D eigenvalue weighted by atomic mass is 32.2. The number of thioether (sulfide) groups is 1. The van der Waals surface area contributed by atoms with Crippen LogP contribution >= 0.6 is 11.8 Å². The molecule has 1 saturated heterocycles. The normalized spacial score (nSPS) is 15.4. The zero-order valence-electron chi connectivity index (χ0n) is 15.6. The Morgan fingerprint density at radius 3 is 2.21 bits per heavy atom. The predicted octanol–water partition coefficient (Wildman–Crippen LogP) is 3.58. The van der Waals surface area contributed by atoms with Gasteiger partial charge in [0.2, 0.25) is 11.9 Å². The molecule has 3 aromatic rings. The third kappa shape index (κ3) is 3.89. The summed E-state index contributed by atoms with van der Waals surface area (Å²) < 4.78 is 2.04. The molecule has 1 fully saturated rings. The Morgan fingerprint density at radius 2 is 1.57 bits per heavy atom. The Balaban J connectivity index is 1.74. The number of hydrogen-bond donors (Lipinski definition) is 1. The van der Waals surface area contributed by atoms with Crippen LogP contribution in [0.2, 0.25) is 0 Å². The Morgan fingerprint density at radius 1 is 0.929 bits per heavy atom. The molecular formula is C21H23N5OS. The van der Waals surface area contributed by atoms with Gasteiger partial charge < -0.3 is 10.6 Å². The number of amides is 1. The Bertz CT molecular complexity index is 922. The molecule has 0 spiro atoms. The van der Waals surface area contributed by atoms with E-state index in [9.17, 15) is 4.79 Å². The number of carbonyl (C=O) groups is 1. The van der Waals surface area contributed by atoms with Gasteiger partial charge in [0.15, 0.2) is 5.16 Å². The minimum absolute atomic E-state index is 0.390. The average molecular weight is 394 g/mol. The number of nitrogens with two attached hydrogens (primary N) is 1. The lowest BCUT2D eigenvalue weighted by atomic mass is 10.1. The lowest BCUT2D eigenvalue weighted by Crippen LogP contribution is -2.31. The van der Waals surface area contributed by atoms with E-state index in [0.717, 1.165) is 43.1 Å². The van der Waals surface area contributed by atoms with Crippen LogP contribution in [0.1, 0.15) is 30.1 Å². The quantitative estimate of drug-likeness (QED) is 0.648. The number of aromatic nitrogens is 3. The molecule has 1 aliphatic heterocycles. The fraction of sp³-hybridized carbons (Fsp3) is 0.286. The Labute approximate surface area is 168 Å². The van der Waals surface area contributed by atoms with Gasteiger partial charge in [-0.3, -0.25) is 9.36 Å². The van der Waals surface area contributed by atoms with Gasteiger partial charge in [0.1, 0.15) is 5.25 Å². The van der Waals surface area contributed by atoms with Gasteiger partial charge in [0.05, 0.1) is 5.69 Å². The van der Waals surface area contributed by atoms with Crippen molar-refractivity contribution in [2.75, 3.05) is 18.0 Å². The Kier molecular flexibility index (Phi) is 5.62. The van der Waals surface area contributed by atoms with E-state index in [4.69, 9.17) is 5.73 Å². The first-order chi connectivity index (χ1) is 13.7. The topological polar surface area (TPSA) is 77.0 Å². The number of para-hydroxylation sites is 1. The molecule has 0 aliphatic carbocycles. The van der Waals surface area contributed by atoms with Gasteiger partial charge >= 0.3 is 0 Å². The number of piperidine rings is 1. The van der Waals surface area contributed by atoms with E-state index in [1.54, 1.807) is 0 Å². The predicted molar refractivity (Wildman–Crippen MR) is 112 cm³/mol. The zero-order chi connectivity index (χ0) is 19.3. The summed E-state index contributed by atoms with van der Waals surface area (Å²) in [6.07, 6.45) is 3.55. The molecular weight excluding hydrogens is 370 g/mol. The van der Waals surface area contributed by atoms with Crippen LogP contribution in [-0.2, 0) is 4.79 Å². The van der Waals surface area contributed by atoms with Crippen LogP contribution in [0.25, 0.3) is 5.69 Å². The van der Waals surface area contributed by atoms with Gasteiger partial charge in [0.25, 0.3) is 0 Å². The molecule has 2 heterocycles. The zero-order valence-corrected chi connectivity index (χ0v) is 16.4. The third-order valence-corrected chi connectivity index (χ3v) is 6.07. The maximum absolute atomic E-state index is 12.2.